The fourth-order valence-electron chi connectivity index (χ4n) is 1.36. The van der Waals surface area contributed by atoms with Gasteiger partial charge >= 0.3 is 0 Å². The van der Waals surface area contributed by atoms with Crippen LogP contribution in [0.2, 0.25) is 0 Å². The molecular formula is C10H11BrO3. The molecule has 76 valence electrons. The van der Waals surface area contributed by atoms with Gasteiger partial charge in [-0.3, -0.25) is 0 Å². The molecule has 0 aliphatic carbocycles. The maximum absolute atomic E-state index is 9.06. The quantitative estimate of drug-likeness (QED) is 0.839. The summed E-state index contributed by atoms with van der Waals surface area (Å²) < 4.78 is 11.8. The first kappa shape index (κ1) is 9.80. The van der Waals surface area contributed by atoms with Crippen molar-refractivity contribution in [2.75, 3.05) is 13.2 Å². The van der Waals surface area contributed by atoms with Crippen LogP contribution in [0.4, 0.5) is 0 Å². The van der Waals surface area contributed by atoms with Crippen LogP contribution >= 0.6 is 15.9 Å². The molecule has 0 saturated carbocycles. The summed E-state index contributed by atoms with van der Waals surface area (Å²) >= 11 is 3.40. The van der Waals surface area contributed by atoms with Crippen LogP contribution in [0.1, 0.15) is 12.0 Å². The first-order chi connectivity index (χ1) is 6.83. The Kier molecular flexibility index (Phi) is 2.93. The molecule has 2 rings (SSSR count). The van der Waals surface area contributed by atoms with Gasteiger partial charge in [-0.2, -0.15) is 0 Å². The monoisotopic (exact) mass is 258 g/mol. The summed E-state index contributed by atoms with van der Waals surface area (Å²) in [6, 6.07) is 3.66. The van der Waals surface area contributed by atoms with Crippen LogP contribution in [0.5, 0.6) is 11.5 Å². The summed E-state index contributed by atoms with van der Waals surface area (Å²) in [5, 5.41) is 9.06. The molecule has 1 aromatic rings. The third kappa shape index (κ3) is 1.72. The van der Waals surface area contributed by atoms with Gasteiger partial charge in [0.05, 0.1) is 24.3 Å². The highest BCUT2D eigenvalue weighted by Gasteiger charge is 2.15. The van der Waals surface area contributed by atoms with Crippen LogP contribution < -0.4 is 9.47 Å². The van der Waals surface area contributed by atoms with Gasteiger partial charge in [0.1, 0.15) is 0 Å². The van der Waals surface area contributed by atoms with Gasteiger partial charge in [-0.1, -0.05) is 6.07 Å². The second-order valence-corrected chi connectivity index (χ2v) is 3.87. The van der Waals surface area contributed by atoms with E-state index in [2.05, 4.69) is 15.9 Å². The number of fused-ring (bicyclic) bond motifs is 1. The minimum atomic E-state index is -0.00275. The molecular weight excluding hydrogens is 248 g/mol. The van der Waals surface area contributed by atoms with Crippen molar-refractivity contribution in [2.24, 2.45) is 0 Å². The predicted molar refractivity (Wildman–Crippen MR) is 55.7 cm³/mol. The van der Waals surface area contributed by atoms with Crippen LogP contribution in [-0.4, -0.2) is 18.3 Å². The average molecular weight is 259 g/mol. The molecule has 0 atom stereocenters. The van der Waals surface area contributed by atoms with Gasteiger partial charge in [-0.05, 0) is 27.6 Å². The van der Waals surface area contributed by atoms with E-state index in [1.54, 1.807) is 0 Å². The number of aliphatic hydroxyl groups is 1. The van der Waals surface area contributed by atoms with Gasteiger partial charge in [0.15, 0.2) is 11.5 Å². The maximum atomic E-state index is 9.06. The number of rotatable bonds is 1. The van der Waals surface area contributed by atoms with E-state index < -0.39 is 0 Å². The first-order valence-electron chi connectivity index (χ1n) is 4.51. The Balaban J connectivity index is 2.44. The molecule has 0 radical (unpaired) electrons. The fourth-order valence-corrected chi connectivity index (χ4v) is 1.93. The minimum absolute atomic E-state index is 0.00275. The molecule has 4 heteroatoms. The molecule has 1 N–H and O–H groups in total. The molecule has 0 bridgehead atoms. The first-order valence-corrected chi connectivity index (χ1v) is 5.30. The molecule has 0 spiro atoms. The molecule has 0 saturated heterocycles. The molecule has 0 unspecified atom stereocenters. The van der Waals surface area contributed by atoms with Gasteiger partial charge < -0.3 is 14.6 Å². The molecule has 1 aromatic carbocycles. The Hall–Kier alpha value is -0.740. The number of hydrogen-bond donors (Lipinski definition) is 1. The number of ether oxygens (including phenoxy) is 2. The second-order valence-electron chi connectivity index (χ2n) is 3.07. The number of halogens is 1. The van der Waals surface area contributed by atoms with E-state index in [0.717, 1.165) is 22.2 Å². The summed E-state index contributed by atoms with van der Waals surface area (Å²) in [5.41, 5.74) is 0.814. The van der Waals surface area contributed by atoms with E-state index in [-0.39, 0.29) is 6.61 Å². The predicted octanol–water partition coefficient (Wildman–Crippen LogP) is 2.10. The lowest BCUT2D eigenvalue weighted by Crippen LogP contribution is -1.97. The number of hydrogen-bond acceptors (Lipinski definition) is 3. The van der Waals surface area contributed by atoms with Crippen molar-refractivity contribution in [3.05, 3.63) is 22.2 Å². The molecule has 14 heavy (non-hydrogen) atoms. The Morgan fingerprint density at radius 1 is 1.29 bits per heavy atom. The third-order valence-electron chi connectivity index (χ3n) is 2.10. The molecule has 0 aromatic heterocycles. The summed E-state index contributed by atoms with van der Waals surface area (Å²) in [4.78, 5) is 0. The van der Waals surface area contributed by atoms with Crippen molar-refractivity contribution < 1.29 is 14.6 Å². The van der Waals surface area contributed by atoms with E-state index in [1.165, 1.54) is 0 Å². The summed E-state index contributed by atoms with van der Waals surface area (Å²) in [6.07, 6.45) is 0.885. The van der Waals surface area contributed by atoms with Gasteiger partial charge in [0, 0.05) is 6.42 Å². The highest BCUT2D eigenvalue weighted by molar-refractivity contribution is 9.10. The van der Waals surface area contributed by atoms with Crippen molar-refractivity contribution in [2.45, 2.75) is 13.0 Å². The summed E-state index contributed by atoms with van der Waals surface area (Å²) in [7, 11) is 0. The van der Waals surface area contributed by atoms with Crippen molar-refractivity contribution in [3.63, 3.8) is 0 Å². The van der Waals surface area contributed by atoms with E-state index in [4.69, 9.17) is 14.6 Å². The summed E-state index contributed by atoms with van der Waals surface area (Å²) in [6.45, 7) is 1.33. The van der Waals surface area contributed by atoms with Crippen molar-refractivity contribution >= 4 is 15.9 Å². The Morgan fingerprint density at radius 2 is 2.07 bits per heavy atom. The number of aliphatic hydroxyl groups excluding tert-OH is 1. The van der Waals surface area contributed by atoms with Gasteiger partial charge in [0.2, 0.25) is 0 Å². The SMILES string of the molecule is OCc1ccc2c(c1Br)OCCCO2. The zero-order valence-corrected chi connectivity index (χ0v) is 9.21. The highest BCUT2D eigenvalue weighted by Crippen LogP contribution is 2.39. The van der Waals surface area contributed by atoms with Crippen LogP contribution in [-0.2, 0) is 6.61 Å². The zero-order valence-electron chi connectivity index (χ0n) is 7.62. The van der Waals surface area contributed by atoms with Crippen molar-refractivity contribution in [1.82, 2.24) is 0 Å². The van der Waals surface area contributed by atoms with E-state index in [9.17, 15) is 0 Å². The Labute approximate surface area is 90.8 Å². The van der Waals surface area contributed by atoms with E-state index in [1.807, 2.05) is 12.1 Å². The smallest absolute Gasteiger partial charge is 0.175 e. The molecule has 1 aliphatic heterocycles. The normalized spacial score (nSPS) is 15.0. The maximum Gasteiger partial charge on any atom is 0.175 e. The molecule has 1 aliphatic rings. The lowest BCUT2D eigenvalue weighted by molar-refractivity contribution is 0.278. The van der Waals surface area contributed by atoms with Crippen LogP contribution in [0, 0.1) is 0 Å². The number of benzene rings is 1. The van der Waals surface area contributed by atoms with E-state index in [0.29, 0.717) is 19.0 Å². The Bertz CT molecular complexity index is 338. The fraction of sp³-hybridized carbons (Fsp3) is 0.400. The highest BCUT2D eigenvalue weighted by atomic mass is 79.9. The van der Waals surface area contributed by atoms with Crippen molar-refractivity contribution in [1.29, 1.82) is 0 Å². The topological polar surface area (TPSA) is 38.7 Å². The third-order valence-corrected chi connectivity index (χ3v) is 2.97. The largest absolute Gasteiger partial charge is 0.490 e. The van der Waals surface area contributed by atoms with E-state index >= 15 is 0 Å². The van der Waals surface area contributed by atoms with Crippen molar-refractivity contribution in [3.8, 4) is 11.5 Å². The van der Waals surface area contributed by atoms with Gasteiger partial charge in [-0.25, -0.2) is 0 Å². The van der Waals surface area contributed by atoms with Gasteiger partial charge in [0.25, 0.3) is 0 Å². The molecule has 0 amide bonds. The molecule has 3 nitrogen and oxygen atoms in total. The van der Waals surface area contributed by atoms with Crippen LogP contribution in [0.15, 0.2) is 16.6 Å². The van der Waals surface area contributed by atoms with Crippen LogP contribution in [0.25, 0.3) is 0 Å². The lowest BCUT2D eigenvalue weighted by atomic mass is 10.2. The molecule has 1 heterocycles. The second kappa shape index (κ2) is 4.19. The average Bonchev–Trinajstić information content (AvgIpc) is 2.44. The zero-order chi connectivity index (χ0) is 9.97. The van der Waals surface area contributed by atoms with Gasteiger partial charge in [-0.15, -0.1) is 0 Å². The molecule has 0 fully saturated rings. The standard InChI is InChI=1S/C10H11BrO3/c11-9-7(6-12)2-3-8-10(9)14-5-1-4-13-8/h2-3,12H,1,4-6H2. The van der Waals surface area contributed by atoms with Crippen LogP contribution in [0.3, 0.4) is 0 Å². The lowest BCUT2D eigenvalue weighted by Gasteiger charge is -2.11. The minimum Gasteiger partial charge on any atom is -0.490 e. The Morgan fingerprint density at radius 3 is 2.86 bits per heavy atom. The summed E-state index contributed by atoms with van der Waals surface area (Å²) in [5.74, 6) is 1.45.